The third-order valence-corrected chi connectivity index (χ3v) is 8.79. The van der Waals surface area contributed by atoms with Crippen LogP contribution in [0.15, 0.2) is 64.2 Å². The Balaban J connectivity index is 0.000000804. The van der Waals surface area contributed by atoms with Crippen molar-refractivity contribution in [1.29, 1.82) is 0 Å². The van der Waals surface area contributed by atoms with E-state index in [4.69, 9.17) is 15.1 Å². The van der Waals surface area contributed by atoms with Gasteiger partial charge in [-0.2, -0.15) is 13.5 Å². The number of amides is 3. The van der Waals surface area contributed by atoms with Crippen molar-refractivity contribution in [1.82, 2.24) is 24.9 Å². The molecule has 2 heterocycles. The maximum absolute atomic E-state index is 12.9. The predicted octanol–water partition coefficient (Wildman–Crippen LogP) is 1.98. The lowest BCUT2D eigenvalue weighted by atomic mass is 10.0. The van der Waals surface area contributed by atoms with E-state index in [0.29, 0.717) is 16.7 Å². The number of phenolic OH excluding ortho intramolecular Hbond substituents is 1. The zero-order valence-corrected chi connectivity index (χ0v) is 28.4. The monoisotopic (exact) mass is 702 g/mol. The smallest absolute Gasteiger partial charge is 0.362 e. The van der Waals surface area contributed by atoms with Gasteiger partial charge in [0.1, 0.15) is 24.1 Å². The summed E-state index contributed by atoms with van der Waals surface area (Å²) in [5.41, 5.74) is 9.08. The number of benzene rings is 2. The molecule has 1 aliphatic rings. The molecule has 1 aliphatic heterocycles. The average molecular weight is 703 g/mol. The number of aromatic hydroxyl groups is 1. The fraction of sp³-hybridized carbons (Fsp3) is 0.333. The molecular formula is C30H38N8O8S2. The molecule has 18 heteroatoms. The second-order valence-electron chi connectivity index (χ2n) is 10.2. The number of hydrogen-bond acceptors (Lipinski definition) is 13. The number of nitrogens with one attached hydrogen (secondary N) is 2. The van der Waals surface area contributed by atoms with Gasteiger partial charge in [0.15, 0.2) is 10.8 Å². The number of para-hydroxylation sites is 1. The topological polar surface area (TPSA) is 229 Å². The quantitative estimate of drug-likeness (QED) is 0.0748. The molecular weight excluding hydrogens is 665 g/mol. The normalized spacial score (nSPS) is 16.2. The van der Waals surface area contributed by atoms with Gasteiger partial charge in [-0.25, -0.2) is 14.7 Å². The van der Waals surface area contributed by atoms with Crippen molar-refractivity contribution in [3.8, 4) is 5.75 Å². The molecule has 1 saturated heterocycles. The zero-order valence-electron chi connectivity index (χ0n) is 26.7. The molecule has 3 amide bonds. The maximum Gasteiger partial charge on any atom is 0.362 e. The number of hydrazone groups is 1. The molecule has 0 spiro atoms. The van der Waals surface area contributed by atoms with E-state index in [2.05, 4.69) is 51.7 Å². The average Bonchev–Trinajstić information content (AvgIpc) is 3.49. The number of aromatic nitrogens is 1. The van der Waals surface area contributed by atoms with Crippen molar-refractivity contribution in [2.75, 3.05) is 25.4 Å². The molecule has 1 fully saturated rings. The zero-order chi connectivity index (χ0) is 35.4. The van der Waals surface area contributed by atoms with Crippen LogP contribution in [0, 0.1) is 0 Å². The van der Waals surface area contributed by atoms with Gasteiger partial charge in [-0.1, -0.05) is 50.2 Å². The minimum absolute atomic E-state index is 0.0197. The molecule has 6 N–H and O–H groups in total. The van der Waals surface area contributed by atoms with Crippen LogP contribution in [-0.4, -0.2) is 93.6 Å². The Morgan fingerprint density at radius 2 is 1.77 bits per heavy atom. The Kier molecular flexibility index (Phi) is 13.5. The number of hydrogen-bond donors (Lipinski definition) is 5. The third kappa shape index (κ3) is 10.0. The SMILES string of the molecule is CCN(CC)CC.C[C@H]1[C@H](NC(=O)/C(=N\OCc2ccc(C(=O)N/N=C/c3ccccc3O)cc2)c2csc(N)n2)C(=O)N1S(=O)(=O)O. The molecule has 0 aliphatic carbocycles. The summed E-state index contributed by atoms with van der Waals surface area (Å²) in [5, 5.41) is 21.4. The summed E-state index contributed by atoms with van der Waals surface area (Å²) in [5.74, 6) is -2.37. The largest absolute Gasteiger partial charge is 0.507 e. The highest BCUT2D eigenvalue weighted by molar-refractivity contribution is 7.84. The van der Waals surface area contributed by atoms with E-state index in [9.17, 15) is 27.9 Å². The second-order valence-corrected chi connectivity index (χ2v) is 12.3. The Labute approximate surface area is 282 Å². The fourth-order valence-corrected chi connectivity index (χ4v) is 5.76. The number of nitrogens with two attached hydrogens (primary N) is 1. The van der Waals surface area contributed by atoms with Crippen LogP contribution in [0.1, 0.15) is 54.9 Å². The summed E-state index contributed by atoms with van der Waals surface area (Å²) in [6.45, 7) is 11.3. The van der Waals surface area contributed by atoms with Crippen LogP contribution in [-0.2, 0) is 31.3 Å². The lowest BCUT2D eigenvalue weighted by molar-refractivity contribution is -0.143. The van der Waals surface area contributed by atoms with Crippen molar-refractivity contribution in [2.24, 2.45) is 10.3 Å². The van der Waals surface area contributed by atoms with Gasteiger partial charge in [0.2, 0.25) is 0 Å². The molecule has 0 saturated carbocycles. The first-order chi connectivity index (χ1) is 22.8. The molecule has 1 aromatic heterocycles. The van der Waals surface area contributed by atoms with Crippen LogP contribution in [0.4, 0.5) is 5.13 Å². The molecule has 0 bridgehead atoms. The van der Waals surface area contributed by atoms with Crippen molar-refractivity contribution in [3.63, 3.8) is 0 Å². The van der Waals surface area contributed by atoms with Gasteiger partial charge in [-0.05, 0) is 56.4 Å². The van der Waals surface area contributed by atoms with Crippen LogP contribution >= 0.6 is 11.3 Å². The molecule has 16 nitrogen and oxygen atoms in total. The molecule has 0 unspecified atom stereocenters. The predicted molar refractivity (Wildman–Crippen MR) is 181 cm³/mol. The van der Waals surface area contributed by atoms with E-state index >= 15 is 0 Å². The Morgan fingerprint density at radius 3 is 2.29 bits per heavy atom. The van der Waals surface area contributed by atoms with E-state index in [-0.39, 0.29) is 33.2 Å². The minimum Gasteiger partial charge on any atom is -0.507 e. The highest BCUT2D eigenvalue weighted by Crippen LogP contribution is 2.23. The van der Waals surface area contributed by atoms with Gasteiger partial charge >= 0.3 is 10.3 Å². The summed E-state index contributed by atoms with van der Waals surface area (Å²) in [6.07, 6.45) is 1.31. The molecule has 3 aromatic rings. The highest BCUT2D eigenvalue weighted by Gasteiger charge is 2.51. The number of nitrogens with zero attached hydrogens (tertiary/aromatic N) is 5. The molecule has 2 atom stereocenters. The van der Waals surface area contributed by atoms with Crippen LogP contribution in [0.3, 0.4) is 0 Å². The van der Waals surface area contributed by atoms with Gasteiger partial charge in [0, 0.05) is 16.5 Å². The fourth-order valence-electron chi connectivity index (χ4n) is 4.33. The summed E-state index contributed by atoms with van der Waals surface area (Å²) in [6, 6.07) is 10.5. The standard InChI is InChI=1S/C24H23N7O8S2.C6H15N/c1-13-19(23(35)31(13)41(36,37)38)28-22(34)20(17-12-40-24(25)27-17)30-39-11-14-6-8-15(9-7-14)21(33)29-26-10-16-4-2-3-5-18(16)32;1-4-7(5-2)6-3/h2-10,12-13,19,32H,11H2,1H3,(H2,25,27)(H,28,34)(H,29,33)(H,36,37,38);4-6H2,1-3H3/b26-10+,30-20-;/t13-,19-;/m0./s1. The van der Waals surface area contributed by atoms with Gasteiger partial charge in [-0.3, -0.25) is 18.9 Å². The number of rotatable bonds is 13. The first-order valence-electron chi connectivity index (χ1n) is 14.8. The number of oxime groups is 1. The van der Waals surface area contributed by atoms with E-state index < -0.39 is 40.1 Å². The van der Waals surface area contributed by atoms with Crippen LogP contribution < -0.4 is 16.5 Å². The van der Waals surface area contributed by atoms with Crippen LogP contribution in [0.25, 0.3) is 0 Å². The van der Waals surface area contributed by atoms with Gasteiger partial charge in [0.05, 0.1) is 12.3 Å². The minimum atomic E-state index is -4.76. The number of phenols is 1. The molecule has 2 aromatic carbocycles. The van der Waals surface area contributed by atoms with Crippen molar-refractivity contribution in [2.45, 2.75) is 46.4 Å². The maximum atomic E-state index is 12.9. The second kappa shape index (κ2) is 17.3. The van der Waals surface area contributed by atoms with Crippen molar-refractivity contribution in [3.05, 3.63) is 76.3 Å². The molecule has 48 heavy (non-hydrogen) atoms. The van der Waals surface area contributed by atoms with E-state index in [1.807, 2.05) is 0 Å². The van der Waals surface area contributed by atoms with Gasteiger partial charge in [-0.15, -0.1) is 11.3 Å². The van der Waals surface area contributed by atoms with Gasteiger partial charge in [0.25, 0.3) is 17.7 Å². The first kappa shape index (κ1) is 37.5. The lowest BCUT2D eigenvalue weighted by Crippen LogP contribution is -2.71. The molecule has 0 radical (unpaired) electrons. The van der Waals surface area contributed by atoms with Crippen molar-refractivity contribution < 1.29 is 37.3 Å². The number of carbonyl (C=O) groups is 3. The van der Waals surface area contributed by atoms with Crippen LogP contribution in [0.2, 0.25) is 0 Å². The highest BCUT2D eigenvalue weighted by atomic mass is 32.2. The molecule has 258 valence electrons. The summed E-state index contributed by atoms with van der Waals surface area (Å²) in [7, 11) is -4.76. The Bertz CT molecular complexity index is 1740. The number of thiazole rings is 1. The van der Waals surface area contributed by atoms with E-state index in [1.54, 1.807) is 30.3 Å². The first-order valence-corrected chi connectivity index (χ1v) is 17.0. The number of carbonyl (C=O) groups excluding carboxylic acids is 3. The summed E-state index contributed by atoms with van der Waals surface area (Å²) < 4.78 is 32.0. The lowest BCUT2D eigenvalue weighted by Gasteiger charge is -2.42. The van der Waals surface area contributed by atoms with Crippen molar-refractivity contribution >= 4 is 56.4 Å². The van der Waals surface area contributed by atoms with E-state index in [0.717, 1.165) is 11.3 Å². The summed E-state index contributed by atoms with van der Waals surface area (Å²) >= 11 is 1.04. The van der Waals surface area contributed by atoms with Gasteiger partial charge < -0.3 is 25.9 Å². The Hall–Kier alpha value is -4.91. The third-order valence-electron chi connectivity index (χ3n) is 7.10. The van der Waals surface area contributed by atoms with Crippen LogP contribution in [0.5, 0.6) is 5.75 Å². The number of β-lactam (4-membered cyclic amide) rings is 1. The number of nitrogen functional groups attached to an aromatic ring is 1. The van der Waals surface area contributed by atoms with E-state index in [1.165, 1.54) is 56.4 Å². The Morgan fingerprint density at radius 1 is 1.12 bits per heavy atom. The molecule has 4 rings (SSSR count). The summed E-state index contributed by atoms with van der Waals surface area (Å²) in [4.78, 5) is 49.1. The number of anilines is 1.